The third-order valence-corrected chi connectivity index (χ3v) is 5.62. The summed E-state index contributed by atoms with van der Waals surface area (Å²) < 4.78 is 2.15. The van der Waals surface area contributed by atoms with E-state index in [-0.39, 0.29) is 5.91 Å². The van der Waals surface area contributed by atoms with Gasteiger partial charge in [-0.05, 0) is 43.0 Å². The van der Waals surface area contributed by atoms with Crippen LogP contribution in [0.4, 0.5) is 5.69 Å². The second-order valence-electron chi connectivity index (χ2n) is 6.43. The number of hydrogen-bond donors (Lipinski definition) is 0. The van der Waals surface area contributed by atoms with E-state index in [1.54, 1.807) is 4.90 Å². The van der Waals surface area contributed by atoms with E-state index in [2.05, 4.69) is 34.5 Å². The van der Waals surface area contributed by atoms with Crippen LogP contribution in [0.25, 0.3) is 17.0 Å². The highest BCUT2D eigenvalue weighted by Crippen LogP contribution is 2.35. The number of likely N-dealkylation sites (N-methyl/N-ethyl adjacent to an activating group) is 1. The number of hydrogen-bond acceptors (Lipinski definition) is 3. The molecule has 140 valence electrons. The van der Waals surface area contributed by atoms with Crippen LogP contribution >= 0.6 is 11.8 Å². The zero-order chi connectivity index (χ0) is 19.5. The van der Waals surface area contributed by atoms with Crippen molar-refractivity contribution in [3.05, 3.63) is 83.9 Å². The summed E-state index contributed by atoms with van der Waals surface area (Å²) in [5, 5.41) is 1.85. The molecule has 1 amide bonds. The molecule has 3 aromatic rings. The zero-order valence-electron chi connectivity index (χ0n) is 15.7. The van der Waals surface area contributed by atoms with Crippen molar-refractivity contribution in [2.75, 3.05) is 6.54 Å². The van der Waals surface area contributed by atoms with Crippen LogP contribution in [0.15, 0.2) is 83.3 Å². The van der Waals surface area contributed by atoms with E-state index >= 15 is 0 Å². The fourth-order valence-electron chi connectivity index (χ4n) is 3.30. The number of amides is 1. The lowest BCUT2D eigenvalue weighted by atomic mass is 10.1. The van der Waals surface area contributed by atoms with E-state index in [1.165, 1.54) is 11.8 Å². The molecular formula is C23H21N3OS. The van der Waals surface area contributed by atoms with Crippen LogP contribution < -0.4 is 0 Å². The monoisotopic (exact) mass is 387 g/mol. The van der Waals surface area contributed by atoms with Crippen molar-refractivity contribution in [1.29, 1.82) is 0 Å². The largest absolute Gasteiger partial charge is 0.343 e. The van der Waals surface area contributed by atoms with Crippen LogP contribution in [0.1, 0.15) is 12.5 Å². The Bertz CT molecular complexity index is 1100. The zero-order valence-corrected chi connectivity index (χ0v) is 16.5. The summed E-state index contributed by atoms with van der Waals surface area (Å²) in [4.78, 5) is 20.0. The highest BCUT2D eigenvalue weighted by atomic mass is 32.2. The van der Waals surface area contributed by atoms with Crippen molar-refractivity contribution in [2.45, 2.75) is 13.5 Å². The number of rotatable bonds is 5. The SMILES string of the molecule is C=CCn1cc(/C=C2\SC(=Nc3ccccc3)N(CC)C2=O)c2ccccc21. The molecule has 1 aliphatic heterocycles. The molecule has 5 heteroatoms. The highest BCUT2D eigenvalue weighted by molar-refractivity contribution is 8.18. The Kier molecular flexibility index (Phi) is 5.17. The molecule has 0 radical (unpaired) electrons. The fraction of sp³-hybridized carbons (Fsp3) is 0.130. The van der Waals surface area contributed by atoms with E-state index in [4.69, 9.17) is 0 Å². The fourth-order valence-corrected chi connectivity index (χ4v) is 4.36. The van der Waals surface area contributed by atoms with Crippen molar-refractivity contribution in [3.8, 4) is 0 Å². The van der Waals surface area contributed by atoms with Gasteiger partial charge in [0.15, 0.2) is 5.17 Å². The quantitative estimate of drug-likeness (QED) is 0.431. The number of aromatic nitrogens is 1. The van der Waals surface area contributed by atoms with Crippen molar-refractivity contribution in [3.63, 3.8) is 0 Å². The third-order valence-electron chi connectivity index (χ3n) is 4.62. The van der Waals surface area contributed by atoms with E-state index in [0.717, 1.165) is 33.9 Å². The molecule has 0 unspecified atom stereocenters. The maximum atomic E-state index is 12.9. The highest BCUT2D eigenvalue weighted by Gasteiger charge is 2.32. The number of carbonyl (C=O) groups excluding carboxylic acids is 1. The van der Waals surface area contributed by atoms with Gasteiger partial charge in [0.2, 0.25) is 0 Å². The molecule has 2 heterocycles. The Morgan fingerprint density at radius 2 is 1.86 bits per heavy atom. The van der Waals surface area contributed by atoms with Crippen LogP contribution in [-0.2, 0) is 11.3 Å². The summed E-state index contributed by atoms with van der Waals surface area (Å²) >= 11 is 1.43. The lowest BCUT2D eigenvalue weighted by Gasteiger charge is -2.11. The summed E-state index contributed by atoms with van der Waals surface area (Å²) in [5.74, 6) is 0.00253. The minimum atomic E-state index is 0.00253. The van der Waals surface area contributed by atoms with E-state index in [9.17, 15) is 4.79 Å². The molecule has 28 heavy (non-hydrogen) atoms. The van der Waals surface area contributed by atoms with Gasteiger partial charge in [0, 0.05) is 35.8 Å². The Hall–Kier alpha value is -3.05. The van der Waals surface area contributed by atoms with Crippen molar-refractivity contribution < 1.29 is 4.79 Å². The first kappa shape index (κ1) is 18.3. The Morgan fingerprint density at radius 3 is 2.61 bits per heavy atom. The van der Waals surface area contributed by atoms with Crippen LogP contribution in [0.3, 0.4) is 0 Å². The van der Waals surface area contributed by atoms with Gasteiger partial charge >= 0.3 is 0 Å². The standard InChI is InChI=1S/C23H21N3OS/c1-3-14-25-16-17(19-12-8-9-13-20(19)25)15-21-22(27)26(4-2)23(28-21)24-18-10-6-5-7-11-18/h3,5-13,15-16H,1,4,14H2,2H3/b21-15-,24-23?. The van der Waals surface area contributed by atoms with Crippen molar-refractivity contribution in [1.82, 2.24) is 9.47 Å². The summed E-state index contributed by atoms with van der Waals surface area (Å²) in [5.41, 5.74) is 3.01. The molecule has 4 rings (SSSR count). The van der Waals surface area contributed by atoms with Gasteiger partial charge in [0.1, 0.15) is 0 Å². The Morgan fingerprint density at radius 1 is 1.11 bits per heavy atom. The minimum Gasteiger partial charge on any atom is -0.343 e. The Labute approximate surface area is 168 Å². The van der Waals surface area contributed by atoms with Crippen LogP contribution in [0.2, 0.25) is 0 Å². The lowest BCUT2D eigenvalue weighted by Crippen LogP contribution is -2.28. The van der Waals surface area contributed by atoms with Crippen LogP contribution in [0.5, 0.6) is 0 Å². The number of benzene rings is 2. The number of para-hydroxylation sites is 2. The summed E-state index contributed by atoms with van der Waals surface area (Å²) in [7, 11) is 0. The molecule has 2 aromatic carbocycles. The second kappa shape index (κ2) is 7.90. The van der Waals surface area contributed by atoms with Gasteiger partial charge in [0.25, 0.3) is 5.91 Å². The molecule has 1 aromatic heterocycles. The molecule has 1 fully saturated rings. The molecule has 0 bridgehead atoms. The summed E-state index contributed by atoms with van der Waals surface area (Å²) in [6.07, 6.45) is 5.93. The molecule has 0 atom stereocenters. The first-order chi connectivity index (χ1) is 13.7. The second-order valence-corrected chi connectivity index (χ2v) is 7.44. The number of allylic oxidation sites excluding steroid dienone is 1. The third kappa shape index (κ3) is 3.41. The predicted molar refractivity (Wildman–Crippen MR) is 119 cm³/mol. The van der Waals surface area contributed by atoms with Gasteiger partial charge in [-0.3, -0.25) is 9.69 Å². The molecule has 0 saturated carbocycles. The smallest absolute Gasteiger partial charge is 0.266 e. The lowest BCUT2D eigenvalue weighted by molar-refractivity contribution is -0.122. The van der Waals surface area contributed by atoms with Crippen LogP contribution in [0, 0.1) is 0 Å². The predicted octanol–water partition coefficient (Wildman–Crippen LogP) is 5.45. The van der Waals surface area contributed by atoms with Crippen LogP contribution in [-0.4, -0.2) is 27.1 Å². The van der Waals surface area contributed by atoms with Gasteiger partial charge in [0.05, 0.1) is 10.6 Å². The molecule has 4 nitrogen and oxygen atoms in total. The maximum Gasteiger partial charge on any atom is 0.266 e. The Balaban J connectivity index is 1.74. The summed E-state index contributed by atoms with van der Waals surface area (Å²) in [6.45, 7) is 7.13. The van der Waals surface area contributed by atoms with Gasteiger partial charge < -0.3 is 4.57 Å². The van der Waals surface area contributed by atoms with Gasteiger partial charge in [-0.25, -0.2) is 4.99 Å². The number of amidine groups is 1. The van der Waals surface area contributed by atoms with Gasteiger partial charge in [-0.2, -0.15) is 0 Å². The molecule has 0 aliphatic carbocycles. The van der Waals surface area contributed by atoms with Crippen molar-refractivity contribution >= 4 is 45.5 Å². The average Bonchev–Trinajstić information content (AvgIpc) is 3.21. The number of fused-ring (bicyclic) bond motifs is 1. The molecular weight excluding hydrogens is 366 g/mol. The first-order valence-electron chi connectivity index (χ1n) is 9.25. The normalized spacial score (nSPS) is 17.2. The number of nitrogens with zero attached hydrogens (tertiary/aromatic N) is 3. The van der Waals surface area contributed by atoms with Gasteiger partial charge in [-0.15, -0.1) is 6.58 Å². The van der Waals surface area contributed by atoms with E-state index < -0.39 is 0 Å². The molecule has 0 spiro atoms. The number of aliphatic imine (C=N–C) groups is 1. The average molecular weight is 388 g/mol. The number of thioether (sulfide) groups is 1. The molecule has 0 N–H and O–H groups in total. The molecule has 1 aliphatic rings. The maximum absolute atomic E-state index is 12.9. The van der Waals surface area contributed by atoms with E-state index in [0.29, 0.717) is 11.4 Å². The summed E-state index contributed by atoms with van der Waals surface area (Å²) in [6, 6.07) is 18.0. The molecule has 1 saturated heterocycles. The first-order valence-corrected chi connectivity index (χ1v) is 10.1. The topological polar surface area (TPSA) is 37.6 Å². The van der Waals surface area contributed by atoms with E-state index in [1.807, 2.05) is 61.5 Å². The van der Waals surface area contributed by atoms with Crippen molar-refractivity contribution in [2.24, 2.45) is 4.99 Å². The van der Waals surface area contributed by atoms with Gasteiger partial charge in [-0.1, -0.05) is 42.5 Å². The number of carbonyl (C=O) groups is 1. The minimum absolute atomic E-state index is 0.00253.